The minimum atomic E-state index is -0.827. The van der Waals surface area contributed by atoms with Crippen LogP contribution in [-0.4, -0.2) is 39.1 Å². The number of carbonyl (C=O) groups excluding carboxylic acids is 1. The van der Waals surface area contributed by atoms with Crippen molar-refractivity contribution in [3.8, 4) is 0 Å². The summed E-state index contributed by atoms with van der Waals surface area (Å²) >= 11 is 1.40. The van der Waals surface area contributed by atoms with E-state index in [1.54, 1.807) is 11.0 Å². The number of amides is 1. The number of thiophene rings is 1. The molecule has 0 bridgehead atoms. The second-order valence-corrected chi connectivity index (χ2v) is 8.03. The van der Waals surface area contributed by atoms with Crippen LogP contribution >= 0.6 is 11.3 Å². The van der Waals surface area contributed by atoms with Crippen LogP contribution in [0.25, 0.3) is 10.1 Å². The van der Waals surface area contributed by atoms with Gasteiger partial charge in [-0.05, 0) is 43.0 Å². The fraction of sp³-hybridized carbons (Fsp3) is 0.400. The Labute approximate surface area is 129 Å². The SMILES string of the molecule is Cc1c(C(=O)N2CC[S@@](=O)C[C@@H]2C)sc2ccc(F)cc12. The molecule has 1 saturated heterocycles. The Bertz CT molecular complexity index is 741. The minimum Gasteiger partial charge on any atom is -0.333 e. The molecule has 0 unspecified atom stereocenters. The third kappa shape index (κ3) is 2.62. The van der Waals surface area contributed by atoms with E-state index in [0.717, 1.165) is 15.6 Å². The Morgan fingerprint density at radius 3 is 2.95 bits per heavy atom. The van der Waals surface area contributed by atoms with E-state index < -0.39 is 10.8 Å². The van der Waals surface area contributed by atoms with Gasteiger partial charge in [-0.2, -0.15) is 0 Å². The number of benzene rings is 1. The van der Waals surface area contributed by atoms with Crippen LogP contribution in [0.2, 0.25) is 0 Å². The molecular formula is C15H16FNO2S2. The molecule has 3 nitrogen and oxygen atoms in total. The van der Waals surface area contributed by atoms with Crippen LogP contribution < -0.4 is 0 Å². The van der Waals surface area contributed by atoms with Crippen molar-refractivity contribution in [3.63, 3.8) is 0 Å². The van der Waals surface area contributed by atoms with Crippen LogP contribution in [-0.2, 0) is 10.8 Å². The normalized spacial score (nSPS) is 22.7. The molecule has 1 aromatic heterocycles. The predicted molar refractivity (Wildman–Crippen MR) is 84.9 cm³/mol. The fourth-order valence-corrected chi connectivity index (χ4v) is 5.12. The molecule has 112 valence electrons. The third-order valence-corrected chi connectivity index (χ3v) is 6.63. The Kier molecular flexibility index (Phi) is 3.84. The lowest BCUT2D eigenvalue weighted by atomic mass is 10.1. The lowest BCUT2D eigenvalue weighted by Gasteiger charge is -2.32. The van der Waals surface area contributed by atoms with Gasteiger partial charge in [0.05, 0.1) is 4.88 Å². The summed E-state index contributed by atoms with van der Waals surface area (Å²) in [7, 11) is -0.827. The van der Waals surface area contributed by atoms with Gasteiger partial charge in [0.2, 0.25) is 0 Å². The molecule has 0 radical (unpaired) electrons. The number of hydrogen-bond acceptors (Lipinski definition) is 3. The number of hydrogen-bond donors (Lipinski definition) is 0. The first-order valence-electron chi connectivity index (χ1n) is 6.82. The van der Waals surface area contributed by atoms with Gasteiger partial charge in [0.1, 0.15) is 5.82 Å². The lowest BCUT2D eigenvalue weighted by Crippen LogP contribution is -2.48. The zero-order valence-electron chi connectivity index (χ0n) is 11.9. The Hall–Kier alpha value is -1.27. The summed E-state index contributed by atoms with van der Waals surface area (Å²) in [6.45, 7) is 4.31. The van der Waals surface area contributed by atoms with Gasteiger partial charge < -0.3 is 4.90 Å². The highest BCUT2D eigenvalue weighted by molar-refractivity contribution is 7.85. The Morgan fingerprint density at radius 2 is 2.24 bits per heavy atom. The fourth-order valence-electron chi connectivity index (χ4n) is 2.69. The summed E-state index contributed by atoms with van der Waals surface area (Å²) in [5.74, 6) is 0.751. The molecule has 21 heavy (non-hydrogen) atoms. The second-order valence-electron chi connectivity index (χ2n) is 5.35. The summed E-state index contributed by atoms with van der Waals surface area (Å²) < 4.78 is 25.8. The summed E-state index contributed by atoms with van der Waals surface area (Å²) in [5, 5.41) is 0.802. The van der Waals surface area contributed by atoms with Crippen LogP contribution in [0.1, 0.15) is 22.2 Å². The Balaban J connectivity index is 1.98. The molecule has 3 rings (SSSR count). The first-order valence-corrected chi connectivity index (χ1v) is 9.12. The van der Waals surface area contributed by atoms with Crippen LogP contribution in [0, 0.1) is 12.7 Å². The Morgan fingerprint density at radius 1 is 1.48 bits per heavy atom. The molecule has 0 N–H and O–H groups in total. The number of rotatable bonds is 1. The molecule has 1 fully saturated rings. The molecule has 0 spiro atoms. The van der Waals surface area contributed by atoms with Crippen molar-refractivity contribution < 1.29 is 13.4 Å². The van der Waals surface area contributed by atoms with E-state index in [1.165, 1.54) is 23.5 Å². The van der Waals surface area contributed by atoms with E-state index in [1.807, 2.05) is 13.8 Å². The van der Waals surface area contributed by atoms with Gasteiger partial charge in [-0.1, -0.05) is 0 Å². The summed E-state index contributed by atoms with van der Waals surface area (Å²) in [5.41, 5.74) is 0.832. The number of nitrogens with zero attached hydrogens (tertiary/aromatic N) is 1. The van der Waals surface area contributed by atoms with Crippen LogP contribution in [0.3, 0.4) is 0 Å². The van der Waals surface area contributed by atoms with Crippen molar-refractivity contribution in [3.05, 3.63) is 34.5 Å². The summed E-state index contributed by atoms with van der Waals surface area (Å²) in [6, 6.07) is 4.59. The first-order chi connectivity index (χ1) is 9.97. The van der Waals surface area contributed by atoms with Gasteiger partial charge in [0, 0.05) is 39.6 Å². The highest BCUT2D eigenvalue weighted by Crippen LogP contribution is 2.32. The van der Waals surface area contributed by atoms with E-state index in [-0.39, 0.29) is 17.8 Å². The lowest BCUT2D eigenvalue weighted by molar-refractivity contribution is 0.0718. The standard InChI is InChI=1S/C15H16FNO2S2/c1-9-8-21(19)6-5-17(9)15(18)14-10(2)12-7-11(16)3-4-13(12)20-14/h3-4,7,9H,5-6,8H2,1-2H3/t9-,21+/m0/s1. The molecule has 2 aromatic rings. The highest BCUT2D eigenvalue weighted by atomic mass is 32.2. The van der Waals surface area contributed by atoms with Crippen molar-refractivity contribution in [2.45, 2.75) is 19.9 Å². The molecule has 2 atom stereocenters. The zero-order valence-corrected chi connectivity index (χ0v) is 13.5. The quantitative estimate of drug-likeness (QED) is 0.808. The van der Waals surface area contributed by atoms with E-state index in [0.29, 0.717) is 22.9 Å². The summed E-state index contributed by atoms with van der Waals surface area (Å²) in [6.07, 6.45) is 0. The highest BCUT2D eigenvalue weighted by Gasteiger charge is 2.29. The van der Waals surface area contributed by atoms with Crippen LogP contribution in [0.15, 0.2) is 18.2 Å². The van der Waals surface area contributed by atoms with Crippen molar-refractivity contribution in [2.24, 2.45) is 0 Å². The summed E-state index contributed by atoms with van der Waals surface area (Å²) in [4.78, 5) is 15.2. The zero-order chi connectivity index (χ0) is 15.1. The molecule has 1 aliphatic rings. The number of carbonyl (C=O) groups is 1. The molecule has 0 aliphatic carbocycles. The molecule has 0 saturated carbocycles. The maximum absolute atomic E-state index is 13.4. The van der Waals surface area contributed by atoms with E-state index in [9.17, 15) is 13.4 Å². The topological polar surface area (TPSA) is 37.4 Å². The van der Waals surface area contributed by atoms with Crippen LogP contribution in [0.5, 0.6) is 0 Å². The molecular weight excluding hydrogens is 309 g/mol. The predicted octanol–water partition coefficient (Wildman–Crippen LogP) is 2.94. The van der Waals surface area contributed by atoms with Gasteiger partial charge in [0.15, 0.2) is 0 Å². The monoisotopic (exact) mass is 325 g/mol. The van der Waals surface area contributed by atoms with Gasteiger partial charge in [-0.15, -0.1) is 11.3 Å². The number of aryl methyl sites for hydroxylation is 1. The molecule has 2 heterocycles. The van der Waals surface area contributed by atoms with E-state index in [4.69, 9.17) is 0 Å². The second kappa shape index (κ2) is 5.50. The molecule has 6 heteroatoms. The smallest absolute Gasteiger partial charge is 0.264 e. The van der Waals surface area contributed by atoms with E-state index >= 15 is 0 Å². The average Bonchev–Trinajstić information content (AvgIpc) is 2.75. The van der Waals surface area contributed by atoms with Crippen molar-refractivity contribution in [1.82, 2.24) is 4.90 Å². The molecule has 1 amide bonds. The average molecular weight is 325 g/mol. The van der Waals surface area contributed by atoms with Gasteiger partial charge in [-0.25, -0.2) is 4.39 Å². The van der Waals surface area contributed by atoms with Crippen molar-refractivity contribution in [1.29, 1.82) is 0 Å². The molecule has 1 aromatic carbocycles. The van der Waals surface area contributed by atoms with Crippen LogP contribution in [0.4, 0.5) is 4.39 Å². The van der Waals surface area contributed by atoms with Gasteiger partial charge >= 0.3 is 0 Å². The number of halogens is 1. The maximum Gasteiger partial charge on any atom is 0.264 e. The number of fused-ring (bicyclic) bond motifs is 1. The van der Waals surface area contributed by atoms with Crippen molar-refractivity contribution >= 4 is 38.1 Å². The van der Waals surface area contributed by atoms with Gasteiger partial charge in [0.25, 0.3) is 5.91 Å². The minimum absolute atomic E-state index is 0.0200. The van der Waals surface area contributed by atoms with Gasteiger partial charge in [-0.3, -0.25) is 9.00 Å². The third-order valence-electron chi connectivity index (χ3n) is 3.87. The van der Waals surface area contributed by atoms with Crippen molar-refractivity contribution in [2.75, 3.05) is 18.1 Å². The maximum atomic E-state index is 13.4. The first kappa shape index (κ1) is 14.7. The largest absolute Gasteiger partial charge is 0.333 e. The molecule has 1 aliphatic heterocycles. The van der Waals surface area contributed by atoms with E-state index in [2.05, 4.69) is 0 Å².